The first-order valence-corrected chi connectivity index (χ1v) is 8.42. The Hall–Kier alpha value is -0.0500. The van der Waals surface area contributed by atoms with Crippen LogP contribution < -0.4 is 0 Å². The summed E-state index contributed by atoms with van der Waals surface area (Å²) in [5, 5.41) is 0. The Morgan fingerprint density at radius 2 is 1.56 bits per heavy atom. The summed E-state index contributed by atoms with van der Waals surface area (Å²) < 4.78 is 4.89. The van der Waals surface area contributed by atoms with Crippen LogP contribution in [-0.4, -0.2) is 17.4 Å². The van der Waals surface area contributed by atoms with Gasteiger partial charge < -0.3 is 4.74 Å². The van der Waals surface area contributed by atoms with Gasteiger partial charge in [0, 0.05) is 11.2 Å². The molecular formula is C15H29BrO2. The number of rotatable bonds is 12. The summed E-state index contributed by atoms with van der Waals surface area (Å²) in [6.07, 6.45) is 11.9. The quantitative estimate of drug-likeness (QED) is 0.279. The molecule has 0 aliphatic heterocycles. The van der Waals surface area contributed by atoms with Crippen LogP contribution in [0.2, 0.25) is 0 Å². The van der Waals surface area contributed by atoms with Gasteiger partial charge in [-0.15, -0.1) is 0 Å². The van der Waals surface area contributed by atoms with Crippen molar-refractivity contribution in [2.45, 2.75) is 82.9 Å². The van der Waals surface area contributed by atoms with Gasteiger partial charge in [0.2, 0.25) is 0 Å². The number of hydrogen-bond donors (Lipinski definition) is 0. The van der Waals surface area contributed by atoms with Crippen molar-refractivity contribution in [3.8, 4) is 0 Å². The maximum absolute atomic E-state index is 11.1. The lowest BCUT2D eigenvalue weighted by atomic mass is 10.1. The van der Waals surface area contributed by atoms with Crippen LogP contribution in [0.1, 0.15) is 78.1 Å². The molecule has 1 atom stereocenters. The molecule has 0 rings (SSSR count). The normalized spacial score (nSPS) is 12.4. The summed E-state index contributed by atoms with van der Waals surface area (Å²) in [5.74, 6) is -0.0413. The fourth-order valence-electron chi connectivity index (χ4n) is 1.96. The Labute approximate surface area is 121 Å². The van der Waals surface area contributed by atoms with E-state index in [1.54, 1.807) is 0 Å². The molecule has 0 N–H and O–H groups in total. The Morgan fingerprint density at radius 1 is 1.00 bits per heavy atom. The monoisotopic (exact) mass is 320 g/mol. The van der Waals surface area contributed by atoms with Crippen LogP contribution in [0.25, 0.3) is 0 Å². The second kappa shape index (κ2) is 13.4. The number of alkyl halides is 1. The Balaban J connectivity index is 3.10. The average molecular weight is 321 g/mol. The fraction of sp³-hybridized carbons (Fsp3) is 0.933. The first kappa shape index (κ1) is 17.9. The zero-order valence-electron chi connectivity index (χ0n) is 12.0. The van der Waals surface area contributed by atoms with Gasteiger partial charge in [0.15, 0.2) is 0 Å². The molecule has 0 aromatic carbocycles. The van der Waals surface area contributed by atoms with Gasteiger partial charge in [-0.05, 0) is 26.2 Å². The minimum absolute atomic E-state index is 0.0413. The molecule has 0 spiro atoms. The highest BCUT2D eigenvalue weighted by atomic mass is 79.9. The van der Waals surface area contributed by atoms with Crippen LogP contribution in [-0.2, 0) is 9.53 Å². The Bertz CT molecular complexity index is 195. The smallest absolute Gasteiger partial charge is 0.305 e. The summed E-state index contributed by atoms with van der Waals surface area (Å²) in [7, 11) is 0. The third kappa shape index (κ3) is 12.4. The summed E-state index contributed by atoms with van der Waals surface area (Å²) in [6, 6.07) is 0. The summed E-state index contributed by atoms with van der Waals surface area (Å²) in [5.41, 5.74) is 0. The van der Waals surface area contributed by atoms with Crippen molar-refractivity contribution in [1.82, 2.24) is 0 Å². The lowest BCUT2D eigenvalue weighted by Gasteiger charge is -2.06. The minimum Gasteiger partial charge on any atom is -0.466 e. The zero-order chi connectivity index (χ0) is 13.6. The van der Waals surface area contributed by atoms with Gasteiger partial charge in [-0.1, -0.05) is 61.4 Å². The molecule has 18 heavy (non-hydrogen) atoms. The predicted molar refractivity (Wildman–Crippen MR) is 81.2 cm³/mol. The lowest BCUT2D eigenvalue weighted by molar-refractivity contribution is -0.143. The predicted octanol–water partition coefficient (Wildman–Crippen LogP) is 5.23. The van der Waals surface area contributed by atoms with Crippen molar-refractivity contribution in [2.75, 3.05) is 6.61 Å². The van der Waals surface area contributed by atoms with Crippen LogP contribution in [0.5, 0.6) is 0 Å². The van der Waals surface area contributed by atoms with E-state index in [1.807, 2.05) is 6.92 Å². The van der Waals surface area contributed by atoms with Gasteiger partial charge in [-0.2, -0.15) is 0 Å². The molecule has 0 heterocycles. The number of unbranched alkanes of at least 4 members (excludes halogenated alkanes) is 6. The van der Waals surface area contributed by atoms with E-state index in [0.717, 1.165) is 12.8 Å². The number of ether oxygens (including phenoxy) is 1. The SMILES string of the molecule is CCOC(=O)CCCCCCCCCC(Br)CC. The van der Waals surface area contributed by atoms with Gasteiger partial charge in [-0.3, -0.25) is 4.79 Å². The van der Waals surface area contributed by atoms with Gasteiger partial charge in [0.05, 0.1) is 6.61 Å². The number of carbonyl (C=O) groups is 1. The van der Waals surface area contributed by atoms with Crippen LogP contribution in [0.4, 0.5) is 0 Å². The maximum atomic E-state index is 11.1. The van der Waals surface area contributed by atoms with Crippen LogP contribution >= 0.6 is 15.9 Å². The number of carbonyl (C=O) groups excluding carboxylic acids is 1. The molecule has 1 unspecified atom stereocenters. The Kier molecular flexibility index (Phi) is 13.3. The van der Waals surface area contributed by atoms with Gasteiger partial charge in [-0.25, -0.2) is 0 Å². The molecule has 0 amide bonds. The van der Waals surface area contributed by atoms with E-state index in [1.165, 1.54) is 44.9 Å². The van der Waals surface area contributed by atoms with Crippen LogP contribution in [0, 0.1) is 0 Å². The molecule has 0 saturated heterocycles. The number of esters is 1. The Morgan fingerprint density at radius 3 is 2.11 bits per heavy atom. The van der Waals surface area contributed by atoms with Gasteiger partial charge in [0.1, 0.15) is 0 Å². The van der Waals surface area contributed by atoms with Crippen molar-refractivity contribution in [2.24, 2.45) is 0 Å². The molecule has 0 aliphatic rings. The summed E-state index contributed by atoms with van der Waals surface area (Å²) >= 11 is 3.66. The zero-order valence-corrected chi connectivity index (χ0v) is 13.6. The van der Waals surface area contributed by atoms with Crippen molar-refractivity contribution in [3.63, 3.8) is 0 Å². The summed E-state index contributed by atoms with van der Waals surface area (Å²) in [6.45, 7) is 4.59. The van der Waals surface area contributed by atoms with Crippen molar-refractivity contribution < 1.29 is 9.53 Å². The molecule has 0 aromatic rings. The minimum atomic E-state index is -0.0413. The van der Waals surface area contributed by atoms with Gasteiger partial charge >= 0.3 is 5.97 Å². The maximum Gasteiger partial charge on any atom is 0.305 e. The molecule has 0 radical (unpaired) electrons. The van der Waals surface area contributed by atoms with Crippen molar-refractivity contribution in [1.29, 1.82) is 0 Å². The van der Waals surface area contributed by atoms with E-state index in [2.05, 4.69) is 22.9 Å². The van der Waals surface area contributed by atoms with E-state index < -0.39 is 0 Å². The topological polar surface area (TPSA) is 26.3 Å². The van der Waals surface area contributed by atoms with E-state index in [9.17, 15) is 4.79 Å². The van der Waals surface area contributed by atoms with Crippen molar-refractivity contribution >= 4 is 21.9 Å². The van der Waals surface area contributed by atoms with Crippen LogP contribution in [0.3, 0.4) is 0 Å². The van der Waals surface area contributed by atoms with E-state index in [4.69, 9.17) is 4.74 Å². The highest BCUT2D eigenvalue weighted by Gasteiger charge is 2.01. The highest BCUT2D eigenvalue weighted by molar-refractivity contribution is 9.09. The first-order valence-electron chi connectivity index (χ1n) is 7.50. The fourth-order valence-corrected chi connectivity index (χ4v) is 2.28. The molecule has 0 aromatic heterocycles. The third-order valence-corrected chi connectivity index (χ3v) is 4.25. The van der Waals surface area contributed by atoms with E-state index in [-0.39, 0.29) is 5.97 Å². The molecule has 0 aliphatic carbocycles. The third-order valence-electron chi connectivity index (χ3n) is 3.15. The molecular weight excluding hydrogens is 292 g/mol. The lowest BCUT2D eigenvalue weighted by Crippen LogP contribution is -2.03. The molecule has 3 heteroatoms. The van der Waals surface area contributed by atoms with Crippen LogP contribution in [0.15, 0.2) is 0 Å². The number of hydrogen-bond acceptors (Lipinski definition) is 2. The standard InChI is InChI=1S/C15H29BrO2/c1-3-14(16)12-10-8-6-5-7-9-11-13-15(17)18-4-2/h14H,3-13H2,1-2H3. The van der Waals surface area contributed by atoms with E-state index >= 15 is 0 Å². The largest absolute Gasteiger partial charge is 0.466 e. The van der Waals surface area contributed by atoms with E-state index in [0.29, 0.717) is 17.9 Å². The number of halogens is 1. The van der Waals surface area contributed by atoms with Gasteiger partial charge in [0.25, 0.3) is 0 Å². The average Bonchev–Trinajstić information content (AvgIpc) is 2.36. The highest BCUT2D eigenvalue weighted by Crippen LogP contribution is 2.15. The first-order chi connectivity index (χ1) is 8.70. The van der Waals surface area contributed by atoms with Crippen molar-refractivity contribution in [3.05, 3.63) is 0 Å². The molecule has 2 nitrogen and oxygen atoms in total. The second-order valence-electron chi connectivity index (χ2n) is 4.82. The summed E-state index contributed by atoms with van der Waals surface area (Å²) in [4.78, 5) is 11.8. The molecule has 108 valence electrons. The second-order valence-corrected chi connectivity index (χ2v) is 6.12. The molecule has 0 fully saturated rings. The molecule has 0 bridgehead atoms. The molecule has 0 saturated carbocycles.